The fraction of sp³-hybridized carbons (Fsp3) is 0.750. The van der Waals surface area contributed by atoms with Gasteiger partial charge in [-0.2, -0.15) is 0 Å². The third-order valence-corrected chi connectivity index (χ3v) is 0.994. The summed E-state index contributed by atoms with van der Waals surface area (Å²) >= 11 is 4.99. The Kier molecular flexibility index (Phi) is 1.87. The van der Waals surface area contributed by atoms with Crippen LogP contribution in [0.4, 0.5) is 0 Å². The molecule has 0 saturated heterocycles. The maximum atomic E-state index is 10.1. The summed E-state index contributed by atoms with van der Waals surface area (Å²) in [4.78, 5) is 10.1. The zero-order chi connectivity index (χ0) is 6.08. The minimum Gasteiger partial charge on any atom is -0.282 e. The van der Waals surface area contributed by atoms with Gasteiger partial charge in [0.15, 0.2) is 0 Å². The van der Waals surface area contributed by atoms with Crippen molar-refractivity contribution in [1.29, 1.82) is 0 Å². The Bertz CT molecular complexity index is 84.2. The molecular formula is C4H6BClO. The third kappa shape index (κ3) is 2.69. The predicted molar refractivity (Wildman–Crippen MR) is 30.7 cm³/mol. The van der Waals surface area contributed by atoms with Gasteiger partial charge in [0.1, 0.15) is 0 Å². The van der Waals surface area contributed by atoms with Crippen LogP contribution in [-0.4, -0.2) is 13.1 Å². The molecule has 2 radical (unpaired) electrons. The van der Waals surface area contributed by atoms with Crippen molar-refractivity contribution < 1.29 is 4.79 Å². The number of rotatable bonds is 1. The molecule has 0 atom stereocenters. The molecule has 0 unspecified atom stereocenters. The minimum atomic E-state index is -0.873. The molecule has 0 aromatic heterocycles. The molecule has 38 valence electrons. The normalized spacial score (nSPS) is 11.3. The lowest BCUT2D eigenvalue weighted by atomic mass is 9.74. The van der Waals surface area contributed by atoms with Gasteiger partial charge in [-0.1, -0.05) is 13.8 Å². The molecule has 0 aromatic carbocycles. The van der Waals surface area contributed by atoms with E-state index in [0.717, 1.165) is 0 Å². The summed E-state index contributed by atoms with van der Waals surface area (Å²) < 4.78 is 0. The Balaban J connectivity index is 3.79. The SMILES string of the molecule is [B]C(C)(C)C(=O)Cl. The van der Waals surface area contributed by atoms with Gasteiger partial charge in [-0.05, 0) is 11.6 Å². The summed E-state index contributed by atoms with van der Waals surface area (Å²) in [7, 11) is 5.20. The molecule has 0 rings (SSSR count). The van der Waals surface area contributed by atoms with Crippen molar-refractivity contribution >= 4 is 24.7 Å². The summed E-state index contributed by atoms with van der Waals surface area (Å²) in [5, 5.41) is -1.38. The molecule has 0 N–H and O–H groups in total. The molecule has 0 aliphatic heterocycles. The van der Waals surface area contributed by atoms with Crippen LogP contribution in [0, 0.1) is 0 Å². The van der Waals surface area contributed by atoms with Gasteiger partial charge in [0.25, 0.3) is 0 Å². The summed E-state index contributed by atoms with van der Waals surface area (Å²) in [5.74, 6) is 0. The fourth-order valence-electron chi connectivity index (χ4n) is 0. The van der Waals surface area contributed by atoms with Crippen LogP contribution in [0.15, 0.2) is 0 Å². The van der Waals surface area contributed by atoms with Crippen LogP contribution in [0.2, 0.25) is 5.31 Å². The Hall–Kier alpha value is 0.0249. The number of halogens is 1. The van der Waals surface area contributed by atoms with Gasteiger partial charge in [-0.15, -0.1) is 0 Å². The summed E-state index contributed by atoms with van der Waals surface area (Å²) in [6.45, 7) is 3.12. The highest BCUT2D eigenvalue weighted by atomic mass is 35.5. The van der Waals surface area contributed by atoms with Gasteiger partial charge in [0, 0.05) is 5.31 Å². The molecule has 0 fully saturated rings. The molecule has 0 heterocycles. The highest BCUT2D eigenvalue weighted by Gasteiger charge is 2.16. The first-order valence-corrected chi connectivity index (χ1v) is 2.31. The molecule has 0 aromatic rings. The summed E-state index contributed by atoms with van der Waals surface area (Å²) in [5.41, 5.74) is 0. The molecule has 0 saturated carbocycles. The zero-order valence-electron chi connectivity index (χ0n) is 4.36. The molecule has 0 spiro atoms. The second-order valence-electron chi connectivity index (χ2n) is 2.00. The fourth-order valence-corrected chi connectivity index (χ4v) is 0. The van der Waals surface area contributed by atoms with E-state index in [2.05, 4.69) is 0 Å². The number of carbonyl (C=O) groups is 1. The van der Waals surface area contributed by atoms with Crippen molar-refractivity contribution in [1.82, 2.24) is 0 Å². The zero-order valence-corrected chi connectivity index (χ0v) is 5.12. The van der Waals surface area contributed by atoms with Crippen LogP contribution in [-0.2, 0) is 4.79 Å². The molecule has 3 heteroatoms. The van der Waals surface area contributed by atoms with Gasteiger partial charge < -0.3 is 0 Å². The molecule has 1 nitrogen and oxygen atoms in total. The first-order chi connectivity index (χ1) is 2.94. The van der Waals surface area contributed by atoms with E-state index in [1.165, 1.54) is 0 Å². The highest BCUT2D eigenvalue weighted by molar-refractivity contribution is 6.69. The third-order valence-electron chi connectivity index (χ3n) is 0.507. The predicted octanol–water partition coefficient (Wildman–Crippen LogP) is 1.12. The van der Waals surface area contributed by atoms with Gasteiger partial charge in [0.05, 0.1) is 7.85 Å². The van der Waals surface area contributed by atoms with Crippen molar-refractivity contribution in [3.63, 3.8) is 0 Å². The quantitative estimate of drug-likeness (QED) is 0.371. The molecule has 0 aliphatic rings. The monoisotopic (exact) mass is 116 g/mol. The van der Waals surface area contributed by atoms with Crippen LogP contribution < -0.4 is 0 Å². The second kappa shape index (κ2) is 1.87. The maximum Gasteiger partial charge on any atom is 0.218 e. The lowest BCUT2D eigenvalue weighted by Crippen LogP contribution is -2.09. The average molecular weight is 116 g/mol. The standard InChI is InChI=1S/C4H6BClO/c1-4(2,5)3(6)7/h1-2H3. The van der Waals surface area contributed by atoms with Gasteiger partial charge in [-0.25, -0.2) is 0 Å². The van der Waals surface area contributed by atoms with Crippen LogP contribution in [0.3, 0.4) is 0 Å². The van der Waals surface area contributed by atoms with E-state index in [9.17, 15) is 4.79 Å². The Morgan fingerprint density at radius 2 is 1.86 bits per heavy atom. The van der Waals surface area contributed by atoms with E-state index in [0.29, 0.717) is 0 Å². The lowest BCUT2D eigenvalue weighted by Gasteiger charge is -2.09. The van der Waals surface area contributed by atoms with E-state index in [1.807, 2.05) is 0 Å². The average Bonchev–Trinajstić information content (AvgIpc) is 1.31. The van der Waals surface area contributed by atoms with E-state index in [1.54, 1.807) is 13.8 Å². The van der Waals surface area contributed by atoms with Gasteiger partial charge in [0.2, 0.25) is 5.24 Å². The Morgan fingerprint density at radius 1 is 1.71 bits per heavy atom. The van der Waals surface area contributed by atoms with Gasteiger partial charge >= 0.3 is 0 Å². The molecule has 0 amide bonds. The van der Waals surface area contributed by atoms with Crippen molar-refractivity contribution in [2.75, 3.05) is 0 Å². The van der Waals surface area contributed by atoms with E-state index >= 15 is 0 Å². The molecule has 0 aliphatic carbocycles. The van der Waals surface area contributed by atoms with Crippen LogP contribution >= 0.6 is 11.6 Å². The number of hydrogen-bond donors (Lipinski definition) is 0. The van der Waals surface area contributed by atoms with Crippen molar-refractivity contribution in [3.8, 4) is 0 Å². The van der Waals surface area contributed by atoms with Crippen LogP contribution in [0.25, 0.3) is 0 Å². The molecule has 0 bridgehead atoms. The topological polar surface area (TPSA) is 17.1 Å². The van der Waals surface area contributed by atoms with E-state index in [4.69, 9.17) is 19.4 Å². The van der Waals surface area contributed by atoms with Crippen LogP contribution in [0.1, 0.15) is 13.8 Å². The maximum absolute atomic E-state index is 10.1. The number of carbonyl (C=O) groups excluding carboxylic acids is 1. The summed E-state index contributed by atoms with van der Waals surface area (Å²) in [6, 6.07) is 0. The van der Waals surface area contributed by atoms with Crippen molar-refractivity contribution in [3.05, 3.63) is 0 Å². The minimum absolute atomic E-state index is 0.507. The van der Waals surface area contributed by atoms with E-state index in [-0.39, 0.29) is 0 Å². The van der Waals surface area contributed by atoms with E-state index < -0.39 is 10.6 Å². The Labute approximate surface area is 49.5 Å². The van der Waals surface area contributed by atoms with Crippen LogP contribution in [0.5, 0.6) is 0 Å². The Morgan fingerprint density at radius 3 is 1.86 bits per heavy atom. The summed E-state index contributed by atoms with van der Waals surface area (Å²) in [6.07, 6.45) is 0. The molecule has 7 heavy (non-hydrogen) atoms. The highest BCUT2D eigenvalue weighted by Crippen LogP contribution is 2.20. The van der Waals surface area contributed by atoms with Crippen molar-refractivity contribution in [2.45, 2.75) is 19.2 Å². The largest absolute Gasteiger partial charge is 0.282 e. The first kappa shape index (κ1) is 7.02. The first-order valence-electron chi connectivity index (χ1n) is 1.93. The smallest absolute Gasteiger partial charge is 0.218 e. The molecular weight excluding hydrogens is 110 g/mol. The number of hydrogen-bond acceptors (Lipinski definition) is 1. The van der Waals surface area contributed by atoms with Gasteiger partial charge in [-0.3, -0.25) is 4.79 Å². The second-order valence-corrected chi connectivity index (χ2v) is 2.34. The van der Waals surface area contributed by atoms with Crippen molar-refractivity contribution in [2.24, 2.45) is 0 Å². The lowest BCUT2D eigenvalue weighted by molar-refractivity contribution is -0.113.